The van der Waals surface area contributed by atoms with Gasteiger partial charge in [-0.2, -0.15) is 5.10 Å². The van der Waals surface area contributed by atoms with Gasteiger partial charge in [-0.1, -0.05) is 38.4 Å². The third-order valence-electron chi connectivity index (χ3n) is 4.33. The van der Waals surface area contributed by atoms with Gasteiger partial charge in [-0.05, 0) is 36.0 Å². The molecular weight excluding hydrogens is 314 g/mol. The number of aliphatic hydroxyl groups is 1. The van der Waals surface area contributed by atoms with Crippen LogP contribution < -0.4 is 4.74 Å². The van der Waals surface area contributed by atoms with Crippen molar-refractivity contribution in [3.8, 4) is 5.75 Å². The lowest BCUT2D eigenvalue weighted by Gasteiger charge is -2.40. The van der Waals surface area contributed by atoms with Crippen molar-refractivity contribution >= 4 is 11.6 Å². The Morgan fingerprint density at radius 2 is 2.04 bits per heavy atom. The molecule has 0 aliphatic rings. The third-order valence-corrected chi connectivity index (χ3v) is 4.64. The van der Waals surface area contributed by atoms with Crippen molar-refractivity contribution in [1.82, 2.24) is 14.8 Å². The molecule has 0 bridgehead atoms. The molecule has 5 nitrogen and oxygen atoms in total. The molecule has 23 heavy (non-hydrogen) atoms. The second kappa shape index (κ2) is 6.89. The minimum atomic E-state index is -0.909. The summed E-state index contributed by atoms with van der Waals surface area (Å²) in [6.07, 6.45) is 4.42. The fourth-order valence-electron chi connectivity index (χ4n) is 2.48. The van der Waals surface area contributed by atoms with Gasteiger partial charge in [-0.3, -0.25) is 4.68 Å². The average molecular weight is 338 g/mol. The van der Waals surface area contributed by atoms with Crippen LogP contribution in [0.2, 0.25) is 5.02 Å². The molecule has 2 rings (SSSR count). The number of aryl methyl sites for hydroxylation is 1. The van der Waals surface area contributed by atoms with Crippen molar-refractivity contribution in [2.24, 2.45) is 5.41 Å². The molecule has 0 aliphatic carbocycles. The van der Waals surface area contributed by atoms with Crippen molar-refractivity contribution in [2.75, 3.05) is 7.11 Å². The van der Waals surface area contributed by atoms with E-state index in [4.69, 9.17) is 16.3 Å². The van der Waals surface area contributed by atoms with Crippen molar-refractivity contribution in [2.45, 2.75) is 45.8 Å². The summed E-state index contributed by atoms with van der Waals surface area (Å²) in [7, 11) is 1.60. The van der Waals surface area contributed by atoms with Crippen LogP contribution in [0.1, 0.15) is 32.8 Å². The number of hydrogen-bond acceptors (Lipinski definition) is 4. The van der Waals surface area contributed by atoms with Gasteiger partial charge in [0.1, 0.15) is 18.4 Å². The Balaban J connectivity index is 2.15. The Bertz CT molecular complexity index is 638. The van der Waals surface area contributed by atoms with Gasteiger partial charge in [0, 0.05) is 0 Å². The highest BCUT2D eigenvalue weighted by Gasteiger charge is 2.40. The zero-order valence-electron chi connectivity index (χ0n) is 14.1. The Morgan fingerprint density at radius 1 is 1.30 bits per heavy atom. The molecule has 0 aliphatic heterocycles. The standard InChI is InChI=1S/C17H24ClN3O2/c1-16(2,3)17(22,10-21-12-19-11-20-21)8-7-13-5-6-14(18)15(9-13)23-4/h5-6,9,11-12,22H,7-8,10H2,1-4H3. The van der Waals surface area contributed by atoms with Gasteiger partial charge in [0.25, 0.3) is 0 Å². The summed E-state index contributed by atoms with van der Waals surface area (Å²) in [5, 5.41) is 15.9. The molecule has 0 saturated heterocycles. The fraction of sp³-hybridized carbons (Fsp3) is 0.529. The third kappa shape index (κ3) is 4.24. The monoisotopic (exact) mass is 337 g/mol. The van der Waals surface area contributed by atoms with E-state index in [1.54, 1.807) is 18.1 Å². The summed E-state index contributed by atoms with van der Waals surface area (Å²) < 4.78 is 6.93. The van der Waals surface area contributed by atoms with Crippen LogP contribution in [0.4, 0.5) is 0 Å². The number of rotatable bonds is 6. The highest BCUT2D eigenvalue weighted by atomic mass is 35.5. The van der Waals surface area contributed by atoms with Crippen LogP contribution in [-0.4, -0.2) is 32.6 Å². The second-order valence-electron chi connectivity index (χ2n) is 6.84. The molecule has 1 aromatic heterocycles. The van der Waals surface area contributed by atoms with E-state index < -0.39 is 5.60 Å². The van der Waals surface area contributed by atoms with E-state index in [2.05, 4.69) is 10.1 Å². The summed E-state index contributed by atoms with van der Waals surface area (Å²) in [5.74, 6) is 0.653. The van der Waals surface area contributed by atoms with Crippen LogP contribution in [0.15, 0.2) is 30.9 Å². The maximum Gasteiger partial charge on any atom is 0.137 e. The van der Waals surface area contributed by atoms with Crippen molar-refractivity contribution in [1.29, 1.82) is 0 Å². The van der Waals surface area contributed by atoms with E-state index in [1.165, 1.54) is 6.33 Å². The molecule has 2 aromatic rings. The van der Waals surface area contributed by atoms with Gasteiger partial charge >= 0.3 is 0 Å². The van der Waals surface area contributed by atoms with Crippen molar-refractivity contribution in [3.05, 3.63) is 41.4 Å². The lowest BCUT2D eigenvalue weighted by molar-refractivity contribution is -0.0796. The van der Waals surface area contributed by atoms with Crippen LogP contribution in [0.5, 0.6) is 5.75 Å². The second-order valence-corrected chi connectivity index (χ2v) is 7.25. The number of benzene rings is 1. The molecule has 1 N–H and O–H groups in total. The summed E-state index contributed by atoms with van der Waals surface area (Å²) >= 11 is 6.06. The lowest BCUT2D eigenvalue weighted by Crippen LogP contribution is -2.47. The topological polar surface area (TPSA) is 60.2 Å². The maximum atomic E-state index is 11.2. The minimum absolute atomic E-state index is 0.296. The molecular formula is C17H24ClN3O2. The first-order valence-corrected chi connectivity index (χ1v) is 8.00. The van der Waals surface area contributed by atoms with E-state index in [9.17, 15) is 5.11 Å². The molecule has 1 atom stereocenters. The highest BCUT2D eigenvalue weighted by molar-refractivity contribution is 6.32. The Kier molecular flexibility index (Phi) is 5.32. The molecule has 1 heterocycles. The van der Waals surface area contributed by atoms with Crippen molar-refractivity contribution < 1.29 is 9.84 Å². The quantitative estimate of drug-likeness (QED) is 0.878. The average Bonchev–Trinajstić information content (AvgIpc) is 2.98. The van der Waals surface area contributed by atoms with Gasteiger partial charge in [0.05, 0.1) is 24.3 Å². The van der Waals surface area contributed by atoms with Gasteiger partial charge in [-0.15, -0.1) is 0 Å². The summed E-state index contributed by atoms with van der Waals surface area (Å²) in [4.78, 5) is 3.95. The van der Waals surface area contributed by atoms with Crippen molar-refractivity contribution in [3.63, 3.8) is 0 Å². The molecule has 0 saturated carbocycles. The SMILES string of the molecule is COc1cc(CCC(O)(Cn2cncn2)C(C)(C)C)ccc1Cl. The lowest BCUT2D eigenvalue weighted by atomic mass is 9.73. The van der Waals surface area contributed by atoms with E-state index in [0.717, 1.165) is 12.0 Å². The number of nitrogens with zero attached hydrogens (tertiary/aromatic N) is 3. The summed E-state index contributed by atoms with van der Waals surface area (Å²) in [5.41, 5.74) is -0.129. The number of hydrogen-bond donors (Lipinski definition) is 1. The molecule has 126 valence electrons. The zero-order valence-corrected chi connectivity index (χ0v) is 14.8. The number of methoxy groups -OCH3 is 1. The van der Waals surface area contributed by atoms with E-state index >= 15 is 0 Å². The molecule has 0 radical (unpaired) electrons. The predicted octanol–water partition coefficient (Wildman–Crippen LogP) is 3.35. The van der Waals surface area contributed by atoms with Gasteiger partial charge in [0.15, 0.2) is 0 Å². The van der Waals surface area contributed by atoms with E-state index in [1.807, 2.05) is 39.0 Å². The number of aromatic nitrogens is 3. The molecule has 0 amide bonds. The first-order chi connectivity index (χ1) is 10.7. The van der Waals surface area contributed by atoms with Gasteiger partial charge in [-0.25, -0.2) is 4.98 Å². The minimum Gasteiger partial charge on any atom is -0.495 e. The number of ether oxygens (including phenoxy) is 1. The Morgan fingerprint density at radius 3 is 2.61 bits per heavy atom. The molecule has 6 heteroatoms. The smallest absolute Gasteiger partial charge is 0.137 e. The maximum absolute atomic E-state index is 11.2. The molecule has 1 aromatic carbocycles. The largest absolute Gasteiger partial charge is 0.495 e. The van der Waals surface area contributed by atoms with Crippen LogP contribution in [0.3, 0.4) is 0 Å². The molecule has 0 fully saturated rings. The number of halogens is 1. The highest BCUT2D eigenvalue weighted by Crippen LogP contribution is 2.36. The van der Waals surface area contributed by atoms with Crippen LogP contribution in [0.25, 0.3) is 0 Å². The molecule has 0 spiro atoms. The Hall–Kier alpha value is -1.59. The van der Waals surface area contributed by atoms with E-state index in [-0.39, 0.29) is 5.41 Å². The summed E-state index contributed by atoms with van der Waals surface area (Å²) in [6, 6.07) is 5.70. The first kappa shape index (κ1) is 17.8. The first-order valence-electron chi connectivity index (χ1n) is 7.62. The van der Waals surface area contributed by atoms with E-state index in [0.29, 0.717) is 23.7 Å². The summed E-state index contributed by atoms with van der Waals surface area (Å²) in [6.45, 7) is 6.51. The molecule has 1 unspecified atom stereocenters. The van der Waals surface area contributed by atoms with Gasteiger partial charge in [0.2, 0.25) is 0 Å². The fourth-order valence-corrected chi connectivity index (χ4v) is 2.68. The van der Waals surface area contributed by atoms with Gasteiger partial charge < -0.3 is 9.84 Å². The van der Waals surface area contributed by atoms with Crippen LogP contribution >= 0.6 is 11.6 Å². The normalized spacial score (nSPS) is 14.5. The predicted molar refractivity (Wildman–Crippen MR) is 90.8 cm³/mol. The zero-order chi connectivity index (χ0) is 17.1. The van der Waals surface area contributed by atoms with Crippen LogP contribution in [0, 0.1) is 5.41 Å². The van der Waals surface area contributed by atoms with Crippen LogP contribution in [-0.2, 0) is 13.0 Å². The Labute approximate surface area is 142 Å².